The third-order valence-corrected chi connectivity index (χ3v) is 13.5. The highest BCUT2D eigenvalue weighted by molar-refractivity contribution is 5.76. The van der Waals surface area contributed by atoms with Crippen LogP contribution in [0.1, 0.15) is 328 Å². The fourth-order valence-electron chi connectivity index (χ4n) is 9.18. The van der Waals surface area contributed by atoms with E-state index in [1.54, 1.807) is 6.08 Å². The molecule has 0 aliphatic carbocycles. The van der Waals surface area contributed by atoms with E-state index in [4.69, 9.17) is 0 Å². The molecule has 0 heterocycles. The molecular formula is C57H113NO3. The van der Waals surface area contributed by atoms with E-state index in [0.29, 0.717) is 6.42 Å². The summed E-state index contributed by atoms with van der Waals surface area (Å²) in [6.45, 7) is 4.35. The fraction of sp³-hybridized carbons (Fsp3) is 0.947. The highest BCUT2D eigenvalue weighted by atomic mass is 16.3. The van der Waals surface area contributed by atoms with Crippen molar-refractivity contribution in [3.05, 3.63) is 12.2 Å². The summed E-state index contributed by atoms with van der Waals surface area (Å²) in [5.74, 6) is -0.0563. The number of allylic oxidation sites excluding steroid dienone is 1. The summed E-state index contributed by atoms with van der Waals surface area (Å²) in [6, 6.07) is -0.618. The minimum atomic E-state index is -0.835. The predicted molar refractivity (Wildman–Crippen MR) is 272 cm³/mol. The second kappa shape index (κ2) is 53.5. The van der Waals surface area contributed by atoms with E-state index >= 15 is 0 Å². The van der Waals surface area contributed by atoms with Crippen molar-refractivity contribution in [2.45, 2.75) is 341 Å². The Morgan fingerprint density at radius 3 is 0.852 bits per heavy atom. The maximum atomic E-state index is 12.5. The Kier molecular flexibility index (Phi) is 52.7. The number of carbonyl (C=O) groups is 1. The largest absolute Gasteiger partial charge is 0.394 e. The van der Waals surface area contributed by atoms with Gasteiger partial charge in [0, 0.05) is 6.42 Å². The molecule has 4 heteroatoms. The molecule has 0 aromatic rings. The van der Waals surface area contributed by atoms with Crippen molar-refractivity contribution in [2.75, 3.05) is 6.61 Å². The number of amides is 1. The van der Waals surface area contributed by atoms with Gasteiger partial charge in [-0.3, -0.25) is 4.79 Å². The van der Waals surface area contributed by atoms with Gasteiger partial charge < -0.3 is 15.5 Å². The Balaban J connectivity index is 3.43. The predicted octanol–water partition coefficient (Wildman–Crippen LogP) is 18.5. The highest BCUT2D eigenvalue weighted by Crippen LogP contribution is 2.18. The molecule has 0 aliphatic rings. The molecule has 1 amide bonds. The summed E-state index contributed by atoms with van der Waals surface area (Å²) < 4.78 is 0. The maximum absolute atomic E-state index is 12.5. The van der Waals surface area contributed by atoms with Crippen LogP contribution in [0.3, 0.4) is 0 Å². The smallest absolute Gasteiger partial charge is 0.220 e. The lowest BCUT2D eigenvalue weighted by Crippen LogP contribution is -2.45. The molecule has 0 rings (SSSR count). The molecule has 0 radical (unpaired) electrons. The van der Waals surface area contributed by atoms with Gasteiger partial charge in [0.25, 0.3) is 0 Å². The van der Waals surface area contributed by atoms with Crippen LogP contribution in [0.2, 0.25) is 0 Å². The number of carbonyl (C=O) groups excluding carboxylic acids is 1. The Labute approximate surface area is 384 Å². The molecule has 0 spiro atoms. The van der Waals surface area contributed by atoms with Crippen molar-refractivity contribution in [2.24, 2.45) is 0 Å². The molecule has 0 saturated carbocycles. The molecule has 2 unspecified atom stereocenters. The molecule has 0 saturated heterocycles. The van der Waals surface area contributed by atoms with Crippen molar-refractivity contribution in [1.82, 2.24) is 5.32 Å². The summed E-state index contributed by atoms with van der Waals surface area (Å²) in [6.07, 6.45) is 69.5. The van der Waals surface area contributed by atoms with Crippen molar-refractivity contribution >= 4 is 5.91 Å². The van der Waals surface area contributed by atoms with Crippen LogP contribution in [0.5, 0.6) is 0 Å². The highest BCUT2D eigenvalue weighted by Gasteiger charge is 2.18. The van der Waals surface area contributed by atoms with E-state index in [2.05, 4.69) is 19.2 Å². The standard InChI is InChI=1S/C57H113NO3/c1-3-5-7-9-11-13-15-17-19-21-23-24-25-26-27-28-29-30-31-32-33-35-36-38-40-42-44-46-48-50-52-56(60)55(54-59)58-57(61)53-51-49-47-45-43-41-39-37-34-22-20-18-16-14-12-10-8-6-4-2/h50,52,55-56,59-60H,3-49,51,53-54H2,1-2H3,(H,58,61)/b52-50+. The SMILES string of the molecule is CCCCCCCCCCCCCCCCCCCCCCCCCCCCCC/C=C/C(O)C(CO)NC(=O)CCCCCCCCCCCCCCCCCCCCC. The Morgan fingerprint density at radius 2 is 0.607 bits per heavy atom. The molecule has 0 aromatic carbocycles. The van der Waals surface area contributed by atoms with Crippen LogP contribution < -0.4 is 5.32 Å². The number of hydrogen-bond acceptors (Lipinski definition) is 3. The van der Waals surface area contributed by atoms with Gasteiger partial charge in [-0.2, -0.15) is 0 Å². The quantitative estimate of drug-likeness (QED) is 0.0421. The van der Waals surface area contributed by atoms with Gasteiger partial charge in [-0.1, -0.05) is 315 Å². The van der Waals surface area contributed by atoms with Crippen LogP contribution in [0, 0.1) is 0 Å². The number of aliphatic hydroxyl groups is 2. The second-order valence-corrected chi connectivity index (χ2v) is 19.7. The number of aliphatic hydroxyl groups excluding tert-OH is 2. The molecule has 61 heavy (non-hydrogen) atoms. The van der Waals surface area contributed by atoms with Gasteiger partial charge in [0.05, 0.1) is 18.8 Å². The maximum Gasteiger partial charge on any atom is 0.220 e. The topological polar surface area (TPSA) is 69.6 Å². The number of rotatable bonds is 53. The number of hydrogen-bond donors (Lipinski definition) is 3. The lowest BCUT2D eigenvalue weighted by Gasteiger charge is -2.20. The lowest BCUT2D eigenvalue weighted by atomic mass is 10.0. The zero-order valence-electron chi connectivity index (χ0n) is 42.0. The van der Waals surface area contributed by atoms with Crippen molar-refractivity contribution < 1.29 is 15.0 Å². The van der Waals surface area contributed by atoms with E-state index in [-0.39, 0.29) is 12.5 Å². The lowest BCUT2D eigenvalue weighted by molar-refractivity contribution is -0.123. The van der Waals surface area contributed by atoms with Crippen molar-refractivity contribution in [3.8, 4) is 0 Å². The van der Waals surface area contributed by atoms with Gasteiger partial charge in [-0.15, -0.1) is 0 Å². The van der Waals surface area contributed by atoms with Crippen molar-refractivity contribution in [3.63, 3.8) is 0 Å². The van der Waals surface area contributed by atoms with Gasteiger partial charge in [0.2, 0.25) is 5.91 Å². The summed E-state index contributed by atoms with van der Waals surface area (Å²) in [4.78, 5) is 12.5. The van der Waals surface area contributed by atoms with E-state index in [9.17, 15) is 15.0 Å². The summed E-state index contributed by atoms with van der Waals surface area (Å²) in [7, 11) is 0. The third-order valence-electron chi connectivity index (χ3n) is 13.5. The molecule has 3 N–H and O–H groups in total. The Bertz CT molecular complexity index is 844. The number of unbranched alkanes of at least 4 members (excludes halogenated alkanes) is 46. The van der Waals surface area contributed by atoms with Crippen molar-refractivity contribution in [1.29, 1.82) is 0 Å². The minimum absolute atomic E-state index is 0.0563. The first-order chi connectivity index (χ1) is 30.2. The zero-order valence-corrected chi connectivity index (χ0v) is 42.0. The monoisotopic (exact) mass is 860 g/mol. The van der Waals surface area contributed by atoms with Gasteiger partial charge in [-0.25, -0.2) is 0 Å². The van der Waals surface area contributed by atoms with E-state index in [0.717, 1.165) is 25.7 Å². The van der Waals surface area contributed by atoms with Gasteiger partial charge >= 0.3 is 0 Å². The zero-order chi connectivity index (χ0) is 44.2. The van der Waals surface area contributed by atoms with E-state index < -0.39 is 12.1 Å². The average Bonchev–Trinajstić information content (AvgIpc) is 3.26. The van der Waals surface area contributed by atoms with E-state index in [1.807, 2.05) is 6.08 Å². The molecular weight excluding hydrogens is 747 g/mol. The molecule has 4 nitrogen and oxygen atoms in total. The Morgan fingerprint density at radius 1 is 0.377 bits per heavy atom. The van der Waals surface area contributed by atoms with Crippen LogP contribution in [-0.2, 0) is 4.79 Å². The van der Waals surface area contributed by atoms with E-state index in [1.165, 1.54) is 283 Å². The van der Waals surface area contributed by atoms with Gasteiger partial charge in [0.15, 0.2) is 0 Å². The molecule has 0 aliphatic heterocycles. The van der Waals surface area contributed by atoms with Crippen LogP contribution >= 0.6 is 0 Å². The molecule has 0 fully saturated rings. The van der Waals surface area contributed by atoms with Crippen LogP contribution in [-0.4, -0.2) is 34.9 Å². The number of nitrogens with one attached hydrogen (secondary N) is 1. The minimum Gasteiger partial charge on any atom is -0.394 e. The average molecular weight is 861 g/mol. The normalized spacial score (nSPS) is 12.8. The molecule has 0 aromatic heterocycles. The van der Waals surface area contributed by atoms with Crippen LogP contribution in [0.25, 0.3) is 0 Å². The fourth-order valence-corrected chi connectivity index (χ4v) is 9.18. The van der Waals surface area contributed by atoms with Crippen LogP contribution in [0.4, 0.5) is 0 Å². The van der Waals surface area contributed by atoms with Gasteiger partial charge in [-0.05, 0) is 19.3 Å². The molecule has 0 bridgehead atoms. The van der Waals surface area contributed by atoms with Crippen LogP contribution in [0.15, 0.2) is 12.2 Å². The van der Waals surface area contributed by atoms with Gasteiger partial charge in [0.1, 0.15) is 0 Å². The first-order valence-corrected chi connectivity index (χ1v) is 28.4. The molecule has 364 valence electrons. The third kappa shape index (κ3) is 50.0. The first-order valence-electron chi connectivity index (χ1n) is 28.4. The first kappa shape index (κ1) is 60.1. The Hall–Kier alpha value is -0.870. The summed E-state index contributed by atoms with van der Waals surface area (Å²) >= 11 is 0. The summed E-state index contributed by atoms with van der Waals surface area (Å²) in [5.41, 5.74) is 0. The second-order valence-electron chi connectivity index (χ2n) is 19.7. The molecule has 2 atom stereocenters. The summed E-state index contributed by atoms with van der Waals surface area (Å²) in [5, 5.41) is 23.2.